The van der Waals surface area contributed by atoms with Gasteiger partial charge in [0.05, 0.1) is 0 Å². The van der Waals surface area contributed by atoms with E-state index in [-0.39, 0.29) is 10.8 Å². The zero-order chi connectivity index (χ0) is 15.6. The van der Waals surface area contributed by atoms with Gasteiger partial charge in [-0.3, -0.25) is 0 Å². The van der Waals surface area contributed by atoms with E-state index in [1.807, 2.05) is 6.08 Å². The average Bonchev–Trinajstić information content (AvgIpc) is 2.40. The van der Waals surface area contributed by atoms with Crippen molar-refractivity contribution in [3.63, 3.8) is 0 Å². The molecule has 20 heavy (non-hydrogen) atoms. The summed E-state index contributed by atoms with van der Waals surface area (Å²) in [5.41, 5.74) is 3.49. The fraction of sp³-hybridized carbons (Fsp3) is 0.579. The second kappa shape index (κ2) is 6.03. The number of hydrogen-bond acceptors (Lipinski definition) is 1. The summed E-state index contributed by atoms with van der Waals surface area (Å²) in [6.07, 6.45) is 4.66. The van der Waals surface area contributed by atoms with E-state index in [9.17, 15) is 5.11 Å². The molecule has 1 N–H and O–H groups in total. The second-order valence-electron chi connectivity index (χ2n) is 7.00. The average molecular weight is 274 g/mol. The minimum atomic E-state index is -0.0141. The van der Waals surface area contributed by atoms with Crippen LogP contribution in [0.3, 0.4) is 0 Å². The van der Waals surface area contributed by atoms with Gasteiger partial charge in [0.25, 0.3) is 0 Å². The molecule has 0 radical (unpaired) electrons. The van der Waals surface area contributed by atoms with Crippen LogP contribution in [0.4, 0.5) is 0 Å². The summed E-state index contributed by atoms with van der Waals surface area (Å²) in [6, 6.07) is 4.35. The maximum absolute atomic E-state index is 10.6. The minimum Gasteiger partial charge on any atom is -0.507 e. The molecule has 1 aromatic rings. The maximum Gasteiger partial charge on any atom is 0.122 e. The van der Waals surface area contributed by atoms with Crippen LogP contribution < -0.4 is 0 Å². The van der Waals surface area contributed by atoms with Crippen LogP contribution in [0.25, 0.3) is 0 Å². The Bertz CT molecular complexity index is 481. The normalized spacial score (nSPS) is 12.5. The van der Waals surface area contributed by atoms with Gasteiger partial charge in [-0.15, -0.1) is 6.58 Å². The van der Waals surface area contributed by atoms with Crippen LogP contribution in [0.1, 0.15) is 71.1 Å². The first kappa shape index (κ1) is 16.8. The Hall–Kier alpha value is -1.24. The standard InChI is InChI=1S/C19H30O/c1-8-11-14-12-15(18(4,5)9-2)13-16(17(14)20)19(6,7)10-3/h8,12-13,20H,1,9-11H2,2-7H3. The van der Waals surface area contributed by atoms with Gasteiger partial charge in [0.1, 0.15) is 5.75 Å². The molecule has 0 aliphatic heterocycles. The van der Waals surface area contributed by atoms with E-state index < -0.39 is 0 Å². The molecule has 112 valence electrons. The van der Waals surface area contributed by atoms with Crippen molar-refractivity contribution in [3.8, 4) is 5.75 Å². The van der Waals surface area contributed by atoms with Gasteiger partial charge in [-0.05, 0) is 41.2 Å². The highest BCUT2D eigenvalue weighted by Gasteiger charge is 2.27. The fourth-order valence-electron chi connectivity index (χ4n) is 2.31. The molecule has 0 bridgehead atoms. The summed E-state index contributed by atoms with van der Waals surface area (Å²) in [5, 5.41) is 10.6. The molecule has 1 nitrogen and oxygen atoms in total. The molecule has 0 atom stereocenters. The van der Waals surface area contributed by atoms with Gasteiger partial charge in [0, 0.05) is 5.56 Å². The van der Waals surface area contributed by atoms with Gasteiger partial charge in [-0.25, -0.2) is 0 Å². The molecule has 0 heterocycles. The lowest BCUT2D eigenvalue weighted by Gasteiger charge is -2.30. The first-order chi connectivity index (χ1) is 9.19. The van der Waals surface area contributed by atoms with Gasteiger partial charge in [0.2, 0.25) is 0 Å². The third-order valence-corrected chi connectivity index (χ3v) is 4.83. The summed E-state index contributed by atoms with van der Waals surface area (Å²) in [6.45, 7) is 17.1. The van der Waals surface area contributed by atoms with Crippen molar-refractivity contribution >= 4 is 0 Å². The van der Waals surface area contributed by atoms with Crippen LogP contribution in [0.2, 0.25) is 0 Å². The van der Waals surface area contributed by atoms with Crippen molar-refractivity contribution < 1.29 is 5.11 Å². The Labute approximate surface area is 124 Å². The lowest BCUT2D eigenvalue weighted by molar-refractivity contribution is 0.420. The van der Waals surface area contributed by atoms with E-state index in [1.54, 1.807) is 0 Å². The molecule has 0 aliphatic carbocycles. The van der Waals surface area contributed by atoms with Crippen LogP contribution in [0.15, 0.2) is 24.8 Å². The Morgan fingerprint density at radius 2 is 1.60 bits per heavy atom. The number of phenolic OH excluding ortho intramolecular Hbond substituents is 1. The number of hydrogen-bond donors (Lipinski definition) is 1. The van der Waals surface area contributed by atoms with E-state index in [1.165, 1.54) is 5.56 Å². The van der Waals surface area contributed by atoms with Gasteiger partial charge >= 0.3 is 0 Å². The highest BCUT2D eigenvalue weighted by atomic mass is 16.3. The largest absolute Gasteiger partial charge is 0.507 e. The highest BCUT2D eigenvalue weighted by molar-refractivity contribution is 5.49. The molecule has 0 saturated carbocycles. The fourth-order valence-corrected chi connectivity index (χ4v) is 2.31. The van der Waals surface area contributed by atoms with Crippen molar-refractivity contribution in [1.82, 2.24) is 0 Å². The smallest absolute Gasteiger partial charge is 0.122 e. The Balaban J connectivity index is 3.55. The number of phenols is 1. The van der Waals surface area contributed by atoms with E-state index >= 15 is 0 Å². The topological polar surface area (TPSA) is 20.2 Å². The Kier molecular flexibility index (Phi) is 5.07. The zero-order valence-corrected chi connectivity index (χ0v) is 14.0. The van der Waals surface area contributed by atoms with Gasteiger partial charge in [0.15, 0.2) is 0 Å². The quantitative estimate of drug-likeness (QED) is 0.679. The van der Waals surface area contributed by atoms with Crippen LogP contribution >= 0.6 is 0 Å². The molecule has 0 unspecified atom stereocenters. The van der Waals surface area contributed by atoms with Crippen LogP contribution in [0, 0.1) is 0 Å². The molecule has 1 aromatic carbocycles. The zero-order valence-electron chi connectivity index (χ0n) is 14.0. The van der Waals surface area contributed by atoms with Crippen LogP contribution in [-0.2, 0) is 17.3 Å². The first-order valence-electron chi connectivity index (χ1n) is 7.67. The van der Waals surface area contributed by atoms with Crippen molar-refractivity contribution in [3.05, 3.63) is 41.5 Å². The lowest BCUT2D eigenvalue weighted by Crippen LogP contribution is -2.21. The summed E-state index contributed by atoms with van der Waals surface area (Å²) in [5.74, 6) is 0.451. The minimum absolute atomic E-state index is 0.0141. The van der Waals surface area contributed by atoms with Crippen molar-refractivity contribution in [1.29, 1.82) is 0 Å². The van der Waals surface area contributed by atoms with Crippen LogP contribution in [-0.4, -0.2) is 5.11 Å². The molecule has 0 saturated heterocycles. The molecule has 1 rings (SSSR count). The first-order valence-corrected chi connectivity index (χ1v) is 7.67. The lowest BCUT2D eigenvalue weighted by atomic mass is 9.75. The highest BCUT2D eigenvalue weighted by Crippen LogP contribution is 2.40. The maximum atomic E-state index is 10.6. The molecular formula is C19H30O. The summed E-state index contributed by atoms with van der Waals surface area (Å²) >= 11 is 0. The molecule has 0 amide bonds. The second-order valence-corrected chi connectivity index (χ2v) is 7.00. The third kappa shape index (κ3) is 3.26. The van der Waals surface area contributed by atoms with Crippen molar-refractivity contribution in [2.75, 3.05) is 0 Å². The van der Waals surface area contributed by atoms with Gasteiger partial charge in [-0.2, -0.15) is 0 Å². The Morgan fingerprint density at radius 1 is 1.05 bits per heavy atom. The molecular weight excluding hydrogens is 244 g/mol. The van der Waals surface area contributed by atoms with Crippen molar-refractivity contribution in [2.45, 2.75) is 71.6 Å². The summed E-state index contributed by atoms with van der Waals surface area (Å²) < 4.78 is 0. The molecule has 0 fully saturated rings. The molecule has 0 aliphatic rings. The van der Waals surface area contributed by atoms with E-state index in [4.69, 9.17) is 0 Å². The SMILES string of the molecule is C=CCc1cc(C(C)(C)CC)cc(C(C)(C)CC)c1O. The predicted octanol–water partition coefficient (Wildman–Crippen LogP) is 5.50. The number of allylic oxidation sites excluding steroid dienone is 1. The monoisotopic (exact) mass is 274 g/mol. The molecule has 0 aromatic heterocycles. The van der Waals surface area contributed by atoms with E-state index in [2.05, 4.69) is 60.3 Å². The molecule has 0 spiro atoms. The summed E-state index contributed by atoms with van der Waals surface area (Å²) in [7, 11) is 0. The van der Waals surface area contributed by atoms with Gasteiger partial charge < -0.3 is 5.11 Å². The molecule has 1 heteroatoms. The Morgan fingerprint density at radius 3 is 2.05 bits per heavy atom. The summed E-state index contributed by atoms with van der Waals surface area (Å²) in [4.78, 5) is 0. The van der Waals surface area contributed by atoms with Crippen LogP contribution in [0.5, 0.6) is 5.75 Å². The van der Waals surface area contributed by atoms with E-state index in [0.29, 0.717) is 12.2 Å². The third-order valence-electron chi connectivity index (χ3n) is 4.83. The number of rotatable bonds is 6. The predicted molar refractivity (Wildman–Crippen MR) is 88.6 cm³/mol. The van der Waals surface area contributed by atoms with E-state index in [0.717, 1.165) is 24.0 Å². The number of benzene rings is 1. The van der Waals surface area contributed by atoms with Gasteiger partial charge in [-0.1, -0.05) is 59.8 Å². The number of aromatic hydroxyl groups is 1. The van der Waals surface area contributed by atoms with Crippen molar-refractivity contribution in [2.24, 2.45) is 0 Å².